The molecule has 0 aliphatic rings. The van der Waals surface area contributed by atoms with Gasteiger partial charge in [0.25, 0.3) is 0 Å². The molecule has 0 nitrogen and oxygen atoms in total. The topological polar surface area (TPSA) is 0 Å². The molecule has 0 unspecified atom stereocenters. The van der Waals surface area contributed by atoms with Gasteiger partial charge in [-0.25, -0.2) is 0 Å². The van der Waals surface area contributed by atoms with Crippen molar-refractivity contribution >= 4 is 33.8 Å². The predicted octanol–water partition coefficient (Wildman–Crippen LogP) is 8.05. The number of hydrogen-bond acceptors (Lipinski definition) is 0. The van der Waals surface area contributed by atoms with Crippen LogP contribution in [0, 0.1) is 0 Å². The van der Waals surface area contributed by atoms with E-state index in [1.165, 1.54) is 52.7 Å². The standard InChI is InChI=1S/C30H20Se/c1-3-11-21(12-4-1)23-15-7-8-16-24(23)25-19-20-28-30(26-17-9-10-18-27(26)31-28)29(25)22-13-5-2-6-14-22/h1-20H. The Labute approximate surface area is 188 Å². The molecule has 0 radical (unpaired) electrons. The SMILES string of the molecule is c1ccc(-c2ccccc2-c2ccc3[se]c4ccccc4c3c2-c2ccccc2)cc1. The van der Waals surface area contributed by atoms with Crippen molar-refractivity contribution in [3.63, 3.8) is 0 Å². The van der Waals surface area contributed by atoms with E-state index in [0.29, 0.717) is 14.5 Å². The van der Waals surface area contributed by atoms with Gasteiger partial charge in [-0.1, -0.05) is 0 Å². The van der Waals surface area contributed by atoms with Gasteiger partial charge < -0.3 is 0 Å². The van der Waals surface area contributed by atoms with Crippen molar-refractivity contribution in [1.29, 1.82) is 0 Å². The Bertz CT molecular complexity index is 1510. The minimum atomic E-state index is 0.354. The molecule has 0 spiro atoms. The Morgan fingerprint density at radius 3 is 1.77 bits per heavy atom. The van der Waals surface area contributed by atoms with Crippen LogP contribution in [0.1, 0.15) is 0 Å². The van der Waals surface area contributed by atoms with E-state index in [1.54, 1.807) is 0 Å². The molecule has 0 atom stereocenters. The van der Waals surface area contributed by atoms with Gasteiger partial charge in [0.1, 0.15) is 0 Å². The quantitative estimate of drug-likeness (QED) is 0.235. The van der Waals surface area contributed by atoms with Crippen LogP contribution in [0.4, 0.5) is 0 Å². The first-order valence-corrected chi connectivity index (χ1v) is 12.3. The van der Waals surface area contributed by atoms with Crippen molar-refractivity contribution in [1.82, 2.24) is 0 Å². The molecule has 146 valence electrons. The van der Waals surface area contributed by atoms with E-state index < -0.39 is 0 Å². The van der Waals surface area contributed by atoms with E-state index in [0.717, 1.165) is 0 Å². The zero-order valence-electron chi connectivity index (χ0n) is 17.0. The van der Waals surface area contributed by atoms with Crippen LogP contribution in [0.2, 0.25) is 0 Å². The van der Waals surface area contributed by atoms with Gasteiger partial charge in [0, 0.05) is 0 Å². The minimum absolute atomic E-state index is 0.354. The van der Waals surface area contributed by atoms with E-state index in [9.17, 15) is 0 Å². The molecule has 6 rings (SSSR count). The van der Waals surface area contributed by atoms with Crippen LogP contribution in [-0.4, -0.2) is 14.5 Å². The molecule has 1 heterocycles. The van der Waals surface area contributed by atoms with Gasteiger partial charge in [-0.3, -0.25) is 0 Å². The molecule has 0 aliphatic heterocycles. The Balaban J connectivity index is 1.74. The van der Waals surface area contributed by atoms with Crippen LogP contribution < -0.4 is 0 Å². The van der Waals surface area contributed by atoms with Crippen molar-refractivity contribution in [2.24, 2.45) is 0 Å². The summed E-state index contributed by atoms with van der Waals surface area (Å²) in [5, 5.41) is 2.82. The van der Waals surface area contributed by atoms with Crippen molar-refractivity contribution < 1.29 is 0 Å². The summed E-state index contributed by atoms with van der Waals surface area (Å²) in [5.74, 6) is 0. The molecule has 1 heteroatoms. The maximum absolute atomic E-state index is 2.36. The average Bonchev–Trinajstić information content (AvgIpc) is 3.23. The second kappa shape index (κ2) is 7.70. The molecule has 0 saturated heterocycles. The van der Waals surface area contributed by atoms with Crippen LogP contribution >= 0.6 is 0 Å². The number of fused-ring (bicyclic) bond motifs is 3. The summed E-state index contributed by atoms with van der Waals surface area (Å²) < 4.78 is 2.96. The van der Waals surface area contributed by atoms with Crippen molar-refractivity contribution in [3.05, 3.63) is 121 Å². The van der Waals surface area contributed by atoms with Gasteiger partial charge >= 0.3 is 189 Å². The number of hydrogen-bond donors (Lipinski definition) is 0. The third kappa shape index (κ3) is 3.15. The van der Waals surface area contributed by atoms with Crippen LogP contribution in [0.25, 0.3) is 52.7 Å². The van der Waals surface area contributed by atoms with Gasteiger partial charge in [-0.05, 0) is 0 Å². The van der Waals surface area contributed by atoms with Crippen LogP contribution in [0.3, 0.4) is 0 Å². The zero-order valence-corrected chi connectivity index (χ0v) is 18.7. The predicted molar refractivity (Wildman–Crippen MR) is 135 cm³/mol. The van der Waals surface area contributed by atoms with Gasteiger partial charge in [-0.15, -0.1) is 0 Å². The van der Waals surface area contributed by atoms with Crippen LogP contribution in [0.15, 0.2) is 121 Å². The van der Waals surface area contributed by atoms with Crippen molar-refractivity contribution in [2.75, 3.05) is 0 Å². The summed E-state index contributed by atoms with van der Waals surface area (Å²) >= 11 is 0.354. The fourth-order valence-corrected chi connectivity index (χ4v) is 6.87. The molecule has 5 aromatic carbocycles. The maximum atomic E-state index is 2.36. The Kier molecular flexibility index (Phi) is 4.57. The molecule has 31 heavy (non-hydrogen) atoms. The molecule has 1 aromatic heterocycles. The fraction of sp³-hybridized carbons (Fsp3) is 0. The molecule has 0 amide bonds. The van der Waals surface area contributed by atoms with E-state index >= 15 is 0 Å². The van der Waals surface area contributed by atoms with Crippen LogP contribution in [-0.2, 0) is 0 Å². The van der Waals surface area contributed by atoms with E-state index in [-0.39, 0.29) is 0 Å². The third-order valence-corrected chi connectivity index (χ3v) is 8.29. The summed E-state index contributed by atoms with van der Waals surface area (Å²) in [6.45, 7) is 0. The fourth-order valence-electron chi connectivity index (χ4n) is 4.53. The average molecular weight is 459 g/mol. The second-order valence-corrected chi connectivity index (χ2v) is 10.0. The Hall–Kier alpha value is -3.38. The normalized spacial score (nSPS) is 11.2. The van der Waals surface area contributed by atoms with Gasteiger partial charge in [0.15, 0.2) is 0 Å². The molecule has 0 bridgehead atoms. The van der Waals surface area contributed by atoms with E-state index in [1.807, 2.05) is 0 Å². The first kappa shape index (κ1) is 18.4. The monoisotopic (exact) mass is 460 g/mol. The van der Waals surface area contributed by atoms with E-state index in [4.69, 9.17) is 0 Å². The number of benzene rings is 5. The first-order chi connectivity index (χ1) is 15.4. The molecule has 0 N–H and O–H groups in total. The second-order valence-electron chi connectivity index (χ2n) is 7.74. The van der Waals surface area contributed by atoms with E-state index in [2.05, 4.69) is 121 Å². The molecular weight excluding hydrogens is 439 g/mol. The van der Waals surface area contributed by atoms with Crippen molar-refractivity contribution in [2.45, 2.75) is 0 Å². The Morgan fingerprint density at radius 1 is 0.387 bits per heavy atom. The molecular formula is C30H20Se. The first-order valence-electron chi connectivity index (χ1n) is 10.5. The number of rotatable bonds is 3. The molecule has 0 fully saturated rings. The van der Waals surface area contributed by atoms with Gasteiger partial charge in [0.05, 0.1) is 0 Å². The molecule has 6 aromatic rings. The van der Waals surface area contributed by atoms with Crippen molar-refractivity contribution in [3.8, 4) is 33.4 Å². The summed E-state index contributed by atoms with van der Waals surface area (Å²) in [5.41, 5.74) is 7.75. The molecule has 0 aliphatic carbocycles. The van der Waals surface area contributed by atoms with Gasteiger partial charge in [-0.2, -0.15) is 0 Å². The summed E-state index contributed by atoms with van der Waals surface area (Å²) in [7, 11) is 0. The summed E-state index contributed by atoms with van der Waals surface area (Å²) in [6, 6.07) is 44.0. The summed E-state index contributed by atoms with van der Waals surface area (Å²) in [6.07, 6.45) is 0. The Morgan fingerprint density at radius 2 is 1.00 bits per heavy atom. The summed E-state index contributed by atoms with van der Waals surface area (Å²) in [4.78, 5) is 0. The van der Waals surface area contributed by atoms with Gasteiger partial charge in [0.2, 0.25) is 0 Å². The molecule has 0 saturated carbocycles. The van der Waals surface area contributed by atoms with Crippen LogP contribution in [0.5, 0.6) is 0 Å². The zero-order chi connectivity index (χ0) is 20.6. The third-order valence-electron chi connectivity index (χ3n) is 5.91.